The molecule has 46 valence electrons. The molecular weight excluding hydrogens is 219 g/mol. The lowest BCUT2D eigenvalue weighted by Crippen LogP contribution is -2.03. The van der Waals surface area contributed by atoms with E-state index in [4.69, 9.17) is 3.07 Å². The maximum Gasteiger partial charge on any atom is 0.260 e. The van der Waals surface area contributed by atoms with E-state index in [9.17, 15) is 0 Å². The first-order chi connectivity index (χ1) is 3.80. The van der Waals surface area contributed by atoms with Crippen molar-refractivity contribution in [1.82, 2.24) is 0 Å². The van der Waals surface area contributed by atoms with Crippen molar-refractivity contribution in [3.63, 3.8) is 0 Å². The molecule has 3 nitrogen and oxygen atoms in total. The molecule has 4 heteroatoms. The minimum absolute atomic E-state index is 0.404. The molecule has 0 aromatic rings. The zero-order valence-electron chi connectivity index (χ0n) is 4.76. The summed E-state index contributed by atoms with van der Waals surface area (Å²) in [5.74, 6) is 1.21. The summed E-state index contributed by atoms with van der Waals surface area (Å²) < 4.78 is 8.87. The molecule has 0 saturated carbocycles. The fraction of sp³-hybridized carbons (Fsp3) is 0.750. The predicted octanol–water partition coefficient (Wildman–Crippen LogP) is 2.06. The molecule has 0 amide bonds. The molecule has 0 aromatic heterocycles. The van der Waals surface area contributed by atoms with Crippen LogP contribution in [0, 0.1) is 5.92 Å². The van der Waals surface area contributed by atoms with Crippen LogP contribution in [0.4, 0.5) is 0 Å². The molecule has 1 rings (SSSR count). The normalized spacial score (nSPS) is 17.6. The topological polar surface area (TPSA) is 34.0 Å². The fourth-order valence-corrected chi connectivity index (χ4v) is 1.51. The van der Waals surface area contributed by atoms with Crippen LogP contribution in [0.3, 0.4) is 0 Å². The Kier molecular flexibility index (Phi) is 1.93. The summed E-state index contributed by atoms with van der Waals surface area (Å²) in [6.45, 7) is 4.09. The Morgan fingerprint density at radius 1 is 1.62 bits per heavy atom. The summed E-state index contributed by atoms with van der Waals surface area (Å²) in [5.41, 5.74) is 0. The lowest BCUT2D eigenvalue weighted by Gasteiger charge is -1.97. The van der Waals surface area contributed by atoms with Gasteiger partial charge in [0.05, 0.1) is 0 Å². The molecule has 0 radical (unpaired) electrons. The largest absolute Gasteiger partial charge is 0.401 e. The third-order valence-corrected chi connectivity index (χ3v) is 1.81. The highest BCUT2D eigenvalue weighted by molar-refractivity contribution is 14.1. The number of rotatable bonds is 1. The van der Waals surface area contributed by atoms with Gasteiger partial charge in [-0.2, -0.15) is 0 Å². The van der Waals surface area contributed by atoms with E-state index in [1.54, 1.807) is 0 Å². The van der Waals surface area contributed by atoms with Crippen molar-refractivity contribution in [3.8, 4) is 0 Å². The molecule has 0 aromatic carbocycles. The van der Waals surface area contributed by atoms with Gasteiger partial charge in [0.25, 0.3) is 21.4 Å². The SMILES string of the molecule is CC(C)C1=NN=IO1. The molecular formula is C4H7IN2O. The standard InChI is InChI=1S/C4H7IN2O/c1-3(2)4-6-7-5-8-4/h3H,1-2H3. The summed E-state index contributed by atoms with van der Waals surface area (Å²) in [5, 5.41) is 3.80. The molecule has 1 aliphatic rings. The first kappa shape index (κ1) is 6.12. The van der Waals surface area contributed by atoms with Crippen molar-refractivity contribution in [2.45, 2.75) is 13.8 Å². The Hall–Kier alpha value is -0.0000000000000000555. The van der Waals surface area contributed by atoms with Gasteiger partial charge in [0.1, 0.15) is 0 Å². The quantitative estimate of drug-likeness (QED) is 0.630. The van der Waals surface area contributed by atoms with Gasteiger partial charge >= 0.3 is 0 Å². The van der Waals surface area contributed by atoms with E-state index in [0.29, 0.717) is 5.92 Å². The molecule has 0 fully saturated rings. The van der Waals surface area contributed by atoms with Crippen molar-refractivity contribution in [2.75, 3.05) is 0 Å². The summed E-state index contributed by atoms with van der Waals surface area (Å²) >= 11 is -0.410. The van der Waals surface area contributed by atoms with Crippen LogP contribution in [0.2, 0.25) is 0 Å². The Labute approximate surface area is 58.8 Å². The van der Waals surface area contributed by atoms with Crippen LogP contribution >= 0.6 is 21.4 Å². The average Bonchev–Trinajstić information content (AvgIpc) is 2.12. The molecule has 1 heterocycles. The molecule has 0 saturated heterocycles. The Morgan fingerprint density at radius 2 is 2.38 bits per heavy atom. The van der Waals surface area contributed by atoms with Crippen LogP contribution in [0.15, 0.2) is 8.36 Å². The maximum atomic E-state index is 5.11. The molecule has 1 aliphatic heterocycles. The van der Waals surface area contributed by atoms with Crippen molar-refractivity contribution in [2.24, 2.45) is 14.3 Å². The van der Waals surface area contributed by atoms with Gasteiger partial charge in [0, 0.05) is 5.92 Å². The van der Waals surface area contributed by atoms with Crippen molar-refractivity contribution in [1.29, 1.82) is 0 Å². The van der Waals surface area contributed by atoms with Gasteiger partial charge in [-0.05, 0) is 0 Å². The highest BCUT2D eigenvalue weighted by atomic mass is 127. The van der Waals surface area contributed by atoms with Crippen molar-refractivity contribution >= 4 is 27.3 Å². The molecule has 0 unspecified atom stereocenters. The van der Waals surface area contributed by atoms with E-state index in [-0.39, 0.29) is 0 Å². The number of hydrogen-bond donors (Lipinski definition) is 0. The molecule has 0 spiro atoms. The van der Waals surface area contributed by atoms with Gasteiger partial charge in [0.2, 0.25) is 5.90 Å². The fourth-order valence-electron chi connectivity index (χ4n) is 0.323. The van der Waals surface area contributed by atoms with Gasteiger partial charge in [-0.3, -0.25) is 0 Å². The second-order valence-electron chi connectivity index (χ2n) is 1.81. The van der Waals surface area contributed by atoms with Gasteiger partial charge in [-0.25, -0.2) is 0 Å². The highest BCUT2D eigenvalue weighted by Crippen LogP contribution is 2.16. The van der Waals surface area contributed by atoms with Crippen molar-refractivity contribution < 1.29 is 3.07 Å². The third kappa shape index (κ3) is 1.24. The summed E-state index contributed by atoms with van der Waals surface area (Å²) in [6, 6.07) is 0. The average molecular weight is 226 g/mol. The van der Waals surface area contributed by atoms with Gasteiger partial charge in [0.15, 0.2) is 0 Å². The summed E-state index contributed by atoms with van der Waals surface area (Å²) in [6.07, 6.45) is 0. The Morgan fingerprint density at radius 3 is 2.62 bits per heavy atom. The van der Waals surface area contributed by atoms with E-state index in [2.05, 4.69) is 8.36 Å². The molecule has 0 atom stereocenters. The van der Waals surface area contributed by atoms with E-state index in [1.807, 2.05) is 13.8 Å². The van der Waals surface area contributed by atoms with Gasteiger partial charge < -0.3 is 3.07 Å². The molecule has 8 heavy (non-hydrogen) atoms. The van der Waals surface area contributed by atoms with E-state index in [1.165, 1.54) is 0 Å². The second-order valence-corrected chi connectivity index (χ2v) is 3.08. The Balaban J connectivity index is 2.51. The zero-order valence-corrected chi connectivity index (χ0v) is 6.92. The van der Waals surface area contributed by atoms with E-state index < -0.39 is 21.4 Å². The second kappa shape index (κ2) is 2.52. The highest BCUT2D eigenvalue weighted by Gasteiger charge is 2.08. The third-order valence-electron chi connectivity index (χ3n) is 0.775. The smallest absolute Gasteiger partial charge is 0.260 e. The van der Waals surface area contributed by atoms with Crippen LogP contribution in [0.5, 0.6) is 0 Å². The van der Waals surface area contributed by atoms with Crippen LogP contribution in [0.25, 0.3) is 0 Å². The lowest BCUT2D eigenvalue weighted by atomic mass is 10.2. The Bertz CT molecular complexity index is 141. The zero-order chi connectivity index (χ0) is 5.98. The first-order valence-corrected chi connectivity index (χ1v) is 4.24. The lowest BCUT2D eigenvalue weighted by molar-refractivity contribution is 0.635. The number of nitrogens with zero attached hydrogens (tertiary/aromatic N) is 2. The summed E-state index contributed by atoms with van der Waals surface area (Å²) in [7, 11) is 0. The first-order valence-electron chi connectivity index (χ1n) is 2.39. The summed E-state index contributed by atoms with van der Waals surface area (Å²) in [4.78, 5) is 0. The minimum Gasteiger partial charge on any atom is -0.401 e. The monoisotopic (exact) mass is 226 g/mol. The van der Waals surface area contributed by atoms with Gasteiger partial charge in [-0.15, -0.1) is 5.10 Å². The van der Waals surface area contributed by atoms with E-state index in [0.717, 1.165) is 5.90 Å². The van der Waals surface area contributed by atoms with Crippen molar-refractivity contribution in [3.05, 3.63) is 0 Å². The van der Waals surface area contributed by atoms with Crippen LogP contribution in [-0.4, -0.2) is 5.90 Å². The predicted molar refractivity (Wildman–Crippen MR) is 39.8 cm³/mol. The minimum atomic E-state index is -0.410. The number of halogens is 1. The number of hydrogen-bond acceptors (Lipinski definition) is 3. The van der Waals surface area contributed by atoms with E-state index >= 15 is 0 Å². The van der Waals surface area contributed by atoms with Gasteiger partial charge in [-0.1, -0.05) is 17.1 Å². The molecule has 0 N–H and O–H groups in total. The maximum absolute atomic E-state index is 5.11. The molecule has 0 bridgehead atoms. The van der Waals surface area contributed by atoms with Crippen LogP contribution in [0.1, 0.15) is 13.8 Å². The molecule has 0 aliphatic carbocycles. The van der Waals surface area contributed by atoms with Crippen LogP contribution < -0.4 is 0 Å². The van der Waals surface area contributed by atoms with Crippen LogP contribution in [-0.2, 0) is 3.07 Å².